The van der Waals surface area contributed by atoms with Gasteiger partial charge in [-0.1, -0.05) is 5.16 Å². The Labute approximate surface area is 187 Å². The zero-order valence-electron chi connectivity index (χ0n) is 17.2. The second kappa shape index (κ2) is 8.30. The van der Waals surface area contributed by atoms with E-state index in [-0.39, 0.29) is 24.1 Å². The normalized spacial score (nSPS) is 28.1. The number of carboxylic acids is 1. The molecule has 2 saturated heterocycles. The monoisotopic (exact) mass is 466 g/mol. The number of hydrogen-bond donors (Lipinski definition) is 2. The van der Waals surface area contributed by atoms with E-state index in [4.69, 9.17) is 10.6 Å². The Hall–Kier alpha value is -2.34. The summed E-state index contributed by atoms with van der Waals surface area (Å²) in [4.78, 5) is 48.4. The molecule has 0 unspecified atom stereocenters. The number of thioether (sulfide) groups is 1. The van der Waals surface area contributed by atoms with E-state index in [1.165, 1.54) is 28.0 Å². The van der Waals surface area contributed by atoms with Crippen molar-refractivity contribution in [1.82, 2.24) is 15.2 Å². The number of nitrogens with two attached hydrogens (primary N) is 1. The maximum atomic E-state index is 13.1. The van der Waals surface area contributed by atoms with Crippen LogP contribution in [0.25, 0.3) is 0 Å². The van der Waals surface area contributed by atoms with Crippen LogP contribution in [0.3, 0.4) is 0 Å². The smallest absolute Gasteiger partial charge is 0.275 e. The van der Waals surface area contributed by atoms with Crippen LogP contribution in [0.4, 0.5) is 5.13 Å². The second-order valence-corrected chi connectivity index (χ2v) is 11.1. The van der Waals surface area contributed by atoms with Gasteiger partial charge in [-0.15, -0.1) is 23.1 Å². The molecule has 3 heterocycles. The van der Waals surface area contributed by atoms with Crippen LogP contribution in [0.5, 0.6) is 0 Å². The fourth-order valence-electron chi connectivity index (χ4n) is 4.35. The molecule has 3 atom stereocenters. The summed E-state index contributed by atoms with van der Waals surface area (Å²) in [5, 5.41) is 20.0. The molecule has 0 spiro atoms. The number of nitrogen functional groups attached to an aromatic ring is 1. The Balaban J connectivity index is 1.54. The van der Waals surface area contributed by atoms with Crippen LogP contribution < -0.4 is 16.2 Å². The number of carboxylic acid groups (broad SMARTS) is 1. The van der Waals surface area contributed by atoms with Crippen molar-refractivity contribution < 1.29 is 24.3 Å². The number of thiazole rings is 1. The molecule has 2 amide bonds. The van der Waals surface area contributed by atoms with E-state index < -0.39 is 34.1 Å². The average Bonchev–Trinajstić information content (AvgIpc) is 3.43. The van der Waals surface area contributed by atoms with Crippen LogP contribution in [0.2, 0.25) is 0 Å². The third-order valence-corrected chi connectivity index (χ3v) is 8.08. The van der Waals surface area contributed by atoms with Crippen molar-refractivity contribution in [3.8, 4) is 0 Å². The summed E-state index contributed by atoms with van der Waals surface area (Å²) in [6, 6.07) is -1.64. The molecule has 2 aliphatic heterocycles. The summed E-state index contributed by atoms with van der Waals surface area (Å²) in [6.07, 6.45) is 3.82. The Morgan fingerprint density at radius 3 is 2.71 bits per heavy atom. The van der Waals surface area contributed by atoms with Crippen molar-refractivity contribution in [1.29, 1.82) is 0 Å². The first-order valence-corrected chi connectivity index (χ1v) is 11.9. The van der Waals surface area contributed by atoms with Gasteiger partial charge in [0.05, 0.1) is 23.4 Å². The third-order valence-electron chi connectivity index (χ3n) is 5.78. The molecule has 1 aliphatic carbocycles. The Morgan fingerprint density at radius 1 is 1.39 bits per heavy atom. The number of nitrogens with zero attached hydrogens (tertiary/aromatic N) is 3. The lowest BCUT2D eigenvalue weighted by Crippen LogP contribution is -2.54. The maximum Gasteiger partial charge on any atom is 0.275 e. The first-order chi connectivity index (χ1) is 14.7. The highest BCUT2D eigenvalue weighted by molar-refractivity contribution is 8.01. The molecule has 10 nitrogen and oxygen atoms in total. The molecule has 0 radical (unpaired) electrons. The topological polar surface area (TPSA) is 150 Å². The van der Waals surface area contributed by atoms with Crippen LogP contribution in [0.1, 0.15) is 51.6 Å². The Kier molecular flexibility index (Phi) is 5.86. The summed E-state index contributed by atoms with van der Waals surface area (Å²) in [7, 11) is 0. The minimum Gasteiger partial charge on any atom is -0.548 e. The lowest BCUT2D eigenvalue weighted by molar-refractivity contribution is -0.311. The maximum absolute atomic E-state index is 13.1. The van der Waals surface area contributed by atoms with E-state index in [0.717, 1.165) is 25.7 Å². The van der Waals surface area contributed by atoms with Gasteiger partial charge in [0.25, 0.3) is 5.91 Å². The molecule has 168 valence electrons. The largest absolute Gasteiger partial charge is 0.548 e. The first kappa shape index (κ1) is 21.9. The van der Waals surface area contributed by atoms with Crippen LogP contribution in [0, 0.1) is 0 Å². The van der Waals surface area contributed by atoms with Crippen LogP contribution in [-0.4, -0.2) is 61.7 Å². The van der Waals surface area contributed by atoms with E-state index in [2.05, 4.69) is 15.5 Å². The van der Waals surface area contributed by atoms with Crippen LogP contribution in [0.15, 0.2) is 10.5 Å². The quantitative estimate of drug-likeness (QED) is 0.442. The Bertz CT molecular complexity index is 927. The first-order valence-electron chi connectivity index (χ1n) is 10.1. The third kappa shape index (κ3) is 4.22. The minimum atomic E-state index is -1.30. The number of amides is 2. The van der Waals surface area contributed by atoms with Gasteiger partial charge in [0, 0.05) is 16.5 Å². The number of nitrogens with one attached hydrogen (secondary N) is 1. The molecule has 1 aromatic rings. The van der Waals surface area contributed by atoms with E-state index in [1.807, 2.05) is 0 Å². The van der Waals surface area contributed by atoms with Crippen molar-refractivity contribution in [2.75, 3.05) is 5.73 Å². The van der Waals surface area contributed by atoms with Gasteiger partial charge in [0.15, 0.2) is 10.8 Å². The SMILES string of the molecule is CC1(C)S[C@@H]2[C@H](NC(=O)/C(=N/OC3CCCC3)c3csc(N)n3)CC(=O)N2[C@H]1C(=O)[O-]. The molecule has 1 saturated carbocycles. The molecule has 0 bridgehead atoms. The van der Waals surface area contributed by atoms with Gasteiger partial charge in [0.1, 0.15) is 11.8 Å². The van der Waals surface area contributed by atoms with Crippen LogP contribution >= 0.6 is 23.1 Å². The highest BCUT2D eigenvalue weighted by Crippen LogP contribution is 2.49. The fourth-order valence-corrected chi connectivity index (χ4v) is 6.54. The number of fused-ring (bicyclic) bond motifs is 1. The molecular weight excluding hydrogens is 442 g/mol. The number of rotatable bonds is 6. The molecule has 0 aromatic carbocycles. The second-order valence-electron chi connectivity index (χ2n) is 8.44. The molecule has 3 fully saturated rings. The van der Waals surface area contributed by atoms with Gasteiger partial charge in [-0.05, 0) is 39.5 Å². The van der Waals surface area contributed by atoms with Gasteiger partial charge < -0.3 is 30.7 Å². The zero-order valence-corrected chi connectivity index (χ0v) is 18.8. The van der Waals surface area contributed by atoms with Gasteiger partial charge >= 0.3 is 0 Å². The van der Waals surface area contributed by atoms with Gasteiger partial charge in [0.2, 0.25) is 5.91 Å². The van der Waals surface area contributed by atoms with E-state index in [0.29, 0.717) is 10.8 Å². The number of oxime groups is 1. The summed E-state index contributed by atoms with van der Waals surface area (Å²) in [5.74, 6) is -2.18. The lowest BCUT2D eigenvalue weighted by atomic mass is 10.0. The van der Waals surface area contributed by atoms with E-state index in [1.54, 1.807) is 19.2 Å². The molecule has 1 aromatic heterocycles. The molecule has 31 heavy (non-hydrogen) atoms. The van der Waals surface area contributed by atoms with Crippen molar-refractivity contribution in [3.05, 3.63) is 11.1 Å². The predicted octanol–water partition coefficient (Wildman–Crippen LogP) is 0.0757. The number of carbonyl (C=O) groups is 3. The molecule has 12 heteroatoms. The summed E-state index contributed by atoms with van der Waals surface area (Å²) in [6.45, 7) is 3.51. The highest BCUT2D eigenvalue weighted by atomic mass is 32.2. The fraction of sp³-hybridized carbons (Fsp3) is 0.632. The number of aliphatic carboxylic acids is 1. The number of anilines is 1. The summed E-state index contributed by atoms with van der Waals surface area (Å²) in [5.41, 5.74) is 6.01. The van der Waals surface area contributed by atoms with Crippen molar-refractivity contribution >= 4 is 51.7 Å². The minimum absolute atomic E-state index is 0.000761. The van der Waals surface area contributed by atoms with E-state index in [9.17, 15) is 19.5 Å². The van der Waals surface area contributed by atoms with Gasteiger partial charge in [-0.3, -0.25) is 9.59 Å². The molecular formula is C19H24N5O5S2-. The van der Waals surface area contributed by atoms with Crippen molar-refractivity contribution in [3.63, 3.8) is 0 Å². The predicted molar refractivity (Wildman–Crippen MR) is 114 cm³/mol. The summed E-state index contributed by atoms with van der Waals surface area (Å²) >= 11 is 2.52. The van der Waals surface area contributed by atoms with Crippen molar-refractivity contribution in [2.45, 2.75) is 74.3 Å². The molecule has 3 aliphatic rings. The highest BCUT2D eigenvalue weighted by Gasteiger charge is 2.57. The van der Waals surface area contributed by atoms with Gasteiger partial charge in [-0.25, -0.2) is 4.98 Å². The zero-order chi connectivity index (χ0) is 22.3. The molecule has 3 N–H and O–H groups in total. The standard InChI is InChI=1S/C19H25N5O5S2/c1-19(2)14(17(27)28)24-12(25)7-10(16(24)31-19)21-15(26)13(11-8-30-18(20)22-11)23-29-9-5-3-4-6-9/h8-10,14,16H,3-7H2,1-2H3,(H2,20,22)(H,21,26)(H,27,28)/p-1/b23-13+/t10-,14+,16-/m1/s1. The lowest BCUT2D eigenvalue weighted by Gasteiger charge is -2.31. The Morgan fingerprint density at radius 2 is 2.10 bits per heavy atom. The summed E-state index contributed by atoms with van der Waals surface area (Å²) < 4.78 is -0.742. The average molecular weight is 467 g/mol. The van der Waals surface area contributed by atoms with Gasteiger partial charge in [-0.2, -0.15) is 0 Å². The number of hydrogen-bond acceptors (Lipinski definition) is 10. The van der Waals surface area contributed by atoms with E-state index >= 15 is 0 Å². The molecule has 4 rings (SSSR count). The number of aromatic nitrogens is 1. The van der Waals surface area contributed by atoms with Crippen LogP contribution in [-0.2, 0) is 19.2 Å². The number of carbonyl (C=O) groups excluding carboxylic acids is 3. The van der Waals surface area contributed by atoms with Crippen molar-refractivity contribution in [2.24, 2.45) is 5.16 Å².